The number of hydrogen-bond acceptors (Lipinski definition) is 6. The van der Waals surface area contributed by atoms with Gasteiger partial charge in [0.15, 0.2) is 5.82 Å². The summed E-state index contributed by atoms with van der Waals surface area (Å²) in [6.45, 7) is 3.95. The van der Waals surface area contributed by atoms with Gasteiger partial charge in [0.2, 0.25) is 0 Å². The molecule has 0 bridgehead atoms. The lowest BCUT2D eigenvalue weighted by atomic mass is 10.1. The first kappa shape index (κ1) is 14.4. The third-order valence-corrected chi connectivity index (χ3v) is 4.74. The van der Waals surface area contributed by atoms with Gasteiger partial charge >= 0.3 is 0 Å². The van der Waals surface area contributed by atoms with Crippen LogP contribution in [0.25, 0.3) is 0 Å². The van der Waals surface area contributed by atoms with Crippen LogP contribution in [0, 0.1) is 6.92 Å². The lowest BCUT2D eigenvalue weighted by molar-refractivity contribution is 0.523. The maximum absolute atomic E-state index is 4.49. The Morgan fingerprint density at radius 1 is 1.13 bits per heavy atom. The van der Waals surface area contributed by atoms with E-state index in [0.717, 1.165) is 56.1 Å². The molecule has 0 amide bonds. The van der Waals surface area contributed by atoms with Crippen LogP contribution in [0.15, 0.2) is 18.5 Å². The molecule has 1 aliphatic heterocycles. The molecule has 1 N–H and O–H groups in total. The van der Waals surface area contributed by atoms with Crippen LogP contribution in [0.3, 0.4) is 0 Å². The Kier molecular flexibility index (Phi) is 3.81. The number of fused-ring (bicyclic) bond motifs is 1. The van der Waals surface area contributed by atoms with E-state index in [9.17, 15) is 0 Å². The third-order valence-electron chi connectivity index (χ3n) is 4.74. The summed E-state index contributed by atoms with van der Waals surface area (Å²) in [7, 11) is 0. The Morgan fingerprint density at radius 2 is 2.09 bits per heavy atom. The van der Waals surface area contributed by atoms with Crippen LogP contribution in [-0.4, -0.2) is 39.3 Å². The smallest absolute Gasteiger partial charge is 0.151 e. The molecule has 2 aromatic heterocycles. The van der Waals surface area contributed by atoms with Crippen LogP contribution < -0.4 is 10.2 Å². The lowest BCUT2D eigenvalue weighted by Crippen LogP contribution is -2.43. The summed E-state index contributed by atoms with van der Waals surface area (Å²) < 4.78 is 0. The quantitative estimate of drug-likeness (QED) is 0.937. The molecule has 6 heteroatoms. The number of nitrogens with one attached hydrogen (secondary N) is 1. The molecule has 1 aliphatic carbocycles. The summed E-state index contributed by atoms with van der Waals surface area (Å²) in [5.41, 5.74) is 3.50. The van der Waals surface area contributed by atoms with Crippen LogP contribution in [-0.2, 0) is 12.8 Å². The predicted octanol–water partition coefficient (Wildman–Crippen LogP) is 2.14. The van der Waals surface area contributed by atoms with E-state index in [1.165, 1.54) is 17.7 Å². The Bertz CT molecular complexity index is 684. The first-order valence-electron chi connectivity index (χ1n) is 8.44. The predicted molar refractivity (Wildman–Crippen MR) is 89.7 cm³/mol. The number of piperidine rings is 1. The number of nitrogens with zero attached hydrogens (tertiary/aromatic N) is 5. The van der Waals surface area contributed by atoms with Crippen molar-refractivity contribution < 1.29 is 0 Å². The molecule has 0 saturated carbocycles. The van der Waals surface area contributed by atoms with Gasteiger partial charge in [0.25, 0.3) is 0 Å². The van der Waals surface area contributed by atoms with Gasteiger partial charge in [0.1, 0.15) is 12.1 Å². The monoisotopic (exact) mass is 310 g/mol. The van der Waals surface area contributed by atoms with Crippen LogP contribution in [0.5, 0.6) is 0 Å². The molecule has 1 unspecified atom stereocenters. The van der Waals surface area contributed by atoms with Crippen molar-refractivity contribution >= 4 is 11.6 Å². The van der Waals surface area contributed by atoms with E-state index in [-0.39, 0.29) is 0 Å². The largest absolute Gasteiger partial charge is 0.365 e. The normalized spacial score (nSPS) is 20.4. The molecule has 0 spiro atoms. The van der Waals surface area contributed by atoms with Crippen LogP contribution in [0.2, 0.25) is 0 Å². The van der Waals surface area contributed by atoms with Crippen molar-refractivity contribution in [2.24, 2.45) is 0 Å². The highest BCUT2D eigenvalue weighted by Crippen LogP contribution is 2.27. The Balaban J connectivity index is 1.48. The van der Waals surface area contributed by atoms with Gasteiger partial charge in [-0.15, -0.1) is 5.10 Å². The van der Waals surface area contributed by atoms with Gasteiger partial charge in [0, 0.05) is 30.4 Å². The van der Waals surface area contributed by atoms with Gasteiger partial charge in [-0.25, -0.2) is 9.97 Å². The fraction of sp³-hybridized carbons (Fsp3) is 0.529. The first-order valence-corrected chi connectivity index (χ1v) is 8.44. The summed E-state index contributed by atoms with van der Waals surface area (Å²) in [5.74, 6) is 2.00. The average molecular weight is 310 g/mol. The fourth-order valence-electron chi connectivity index (χ4n) is 3.54. The number of aromatic nitrogens is 4. The van der Waals surface area contributed by atoms with Gasteiger partial charge in [-0.05, 0) is 51.2 Å². The van der Waals surface area contributed by atoms with Crippen LogP contribution in [0.1, 0.15) is 36.2 Å². The summed E-state index contributed by atoms with van der Waals surface area (Å²) in [4.78, 5) is 11.2. The standard InChI is InChI=1S/C17H22N6/c1-12-7-8-16(22-21-12)23-9-3-4-13(10-23)20-17-14-5-2-6-15(14)18-11-19-17/h7-8,11,13H,2-6,9-10H2,1H3,(H,18,19,20). The minimum Gasteiger partial charge on any atom is -0.365 e. The average Bonchev–Trinajstić information content (AvgIpc) is 3.06. The SMILES string of the molecule is Cc1ccc(N2CCCC(Nc3ncnc4c3CCC4)C2)nn1. The number of hydrogen-bond donors (Lipinski definition) is 1. The van der Waals surface area contributed by atoms with Crippen molar-refractivity contribution in [3.63, 3.8) is 0 Å². The van der Waals surface area contributed by atoms with Crippen molar-refractivity contribution in [1.82, 2.24) is 20.2 Å². The Hall–Kier alpha value is -2.24. The molecule has 4 rings (SSSR count). The topological polar surface area (TPSA) is 66.8 Å². The summed E-state index contributed by atoms with van der Waals surface area (Å²) in [6, 6.07) is 4.48. The highest BCUT2D eigenvalue weighted by Gasteiger charge is 2.24. The Morgan fingerprint density at radius 3 is 2.96 bits per heavy atom. The zero-order valence-electron chi connectivity index (χ0n) is 13.5. The molecule has 6 nitrogen and oxygen atoms in total. The minimum atomic E-state index is 0.395. The van der Waals surface area contributed by atoms with E-state index in [1.54, 1.807) is 6.33 Å². The lowest BCUT2D eigenvalue weighted by Gasteiger charge is -2.34. The van der Waals surface area contributed by atoms with Crippen molar-refractivity contribution in [1.29, 1.82) is 0 Å². The second-order valence-corrected chi connectivity index (χ2v) is 6.46. The molecular formula is C17H22N6. The molecule has 2 aromatic rings. The molecule has 1 atom stereocenters. The van der Waals surface area contributed by atoms with Gasteiger partial charge in [-0.3, -0.25) is 0 Å². The van der Waals surface area contributed by atoms with E-state index >= 15 is 0 Å². The molecule has 120 valence electrons. The van der Waals surface area contributed by atoms with E-state index in [2.05, 4.69) is 36.4 Å². The van der Waals surface area contributed by atoms with Gasteiger partial charge in [0.05, 0.1) is 5.69 Å². The number of aryl methyl sites for hydroxylation is 2. The zero-order chi connectivity index (χ0) is 15.6. The van der Waals surface area contributed by atoms with Crippen molar-refractivity contribution in [3.05, 3.63) is 35.4 Å². The molecule has 3 heterocycles. The number of anilines is 2. The van der Waals surface area contributed by atoms with E-state index in [1.807, 2.05) is 13.0 Å². The molecule has 1 saturated heterocycles. The molecule has 0 radical (unpaired) electrons. The second kappa shape index (κ2) is 6.10. The van der Waals surface area contributed by atoms with E-state index in [4.69, 9.17) is 0 Å². The number of rotatable bonds is 3. The molecule has 23 heavy (non-hydrogen) atoms. The summed E-state index contributed by atoms with van der Waals surface area (Å²) >= 11 is 0. The highest BCUT2D eigenvalue weighted by molar-refractivity contribution is 5.49. The van der Waals surface area contributed by atoms with Crippen molar-refractivity contribution in [2.75, 3.05) is 23.3 Å². The van der Waals surface area contributed by atoms with Gasteiger partial charge in [-0.2, -0.15) is 5.10 Å². The summed E-state index contributed by atoms with van der Waals surface area (Å²) in [6.07, 6.45) is 7.38. The molecule has 0 aromatic carbocycles. The maximum atomic E-state index is 4.49. The van der Waals surface area contributed by atoms with Crippen molar-refractivity contribution in [2.45, 2.75) is 45.1 Å². The fourth-order valence-corrected chi connectivity index (χ4v) is 3.54. The third kappa shape index (κ3) is 2.98. The van der Waals surface area contributed by atoms with Crippen LogP contribution in [0.4, 0.5) is 11.6 Å². The van der Waals surface area contributed by atoms with Crippen LogP contribution >= 0.6 is 0 Å². The summed E-state index contributed by atoms with van der Waals surface area (Å²) in [5, 5.41) is 12.2. The van der Waals surface area contributed by atoms with E-state index in [0.29, 0.717) is 6.04 Å². The molecule has 1 fully saturated rings. The van der Waals surface area contributed by atoms with Crippen molar-refractivity contribution in [3.8, 4) is 0 Å². The zero-order valence-corrected chi connectivity index (χ0v) is 13.5. The Labute approximate surface area is 136 Å². The highest BCUT2D eigenvalue weighted by atomic mass is 15.3. The first-order chi connectivity index (χ1) is 11.3. The van der Waals surface area contributed by atoms with Gasteiger partial charge < -0.3 is 10.2 Å². The van der Waals surface area contributed by atoms with E-state index < -0.39 is 0 Å². The second-order valence-electron chi connectivity index (χ2n) is 6.46. The molecular weight excluding hydrogens is 288 g/mol. The maximum Gasteiger partial charge on any atom is 0.151 e. The minimum absolute atomic E-state index is 0.395. The van der Waals surface area contributed by atoms with Gasteiger partial charge in [-0.1, -0.05) is 0 Å². The molecule has 2 aliphatic rings.